The summed E-state index contributed by atoms with van der Waals surface area (Å²) in [4.78, 5) is 0. The Bertz CT molecular complexity index is 417. The summed E-state index contributed by atoms with van der Waals surface area (Å²) < 4.78 is 37.9. The summed E-state index contributed by atoms with van der Waals surface area (Å²) in [5, 5.41) is -0.307. The van der Waals surface area contributed by atoms with E-state index < -0.39 is 10.0 Å². The molecule has 1 heterocycles. The van der Waals surface area contributed by atoms with Gasteiger partial charge in [-0.1, -0.05) is 6.42 Å². The van der Waals surface area contributed by atoms with Gasteiger partial charge in [0.05, 0.1) is 5.25 Å². The third kappa shape index (κ3) is 3.96. The summed E-state index contributed by atoms with van der Waals surface area (Å²) in [6, 6.07) is 0.141. The molecule has 0 spiro atoms. The molecule has 2 N–H and O–H groups in total. The number of nitrogens with zero attached hydrogens (tertiary/aromatic N) is 1. The number of hydrogen-bond acceptors (Lipinski definition) is 5. The van der Waals surface area contributed by atoms with E-state index in [0.29, 0.717) is 19.5 Å². The van der Waals surface area contributed by atoms with Crippen LogP contribution in [0.15, 0.2) is 0 Å². The van der Waals surface area contributed by atoms with Crippen LogP contribution < -0.4 is 5.73 Å². The van der Waals surface area contributed by atoms with Gasteiger partial charge in [-0.25, -0.2) is 12.7 Å². The Balaban J connectivity index is 2.02. The molecule has 1 saturated carbocycles. The topological polar surface area (TPSA) is 81.9 Å². The highest BCUT2D eigenvalue weighted by Gasteiger charge is 2.39. The lowest BCUT2D eigenvalue weighted by Crippen LogP contribution is -2.48. The highest BCUT2D eigenvalue weighted by molar-refractivity contribution is 7.89. The molecule has 2 fully saturated rings. The van der Waals surface area contributed by atoms with Crippen LogP contribution in [0.1, 0.15) is 38.5 Å². The Labute approximate surface area is 128 Å². The van der Waals surface area contributed by atoms with E-state index in [9.17, 15) is 8.42 Å². The van der Waals surface area contributed by atoms with Crippen molar-refractivity contribution in [2.75, 3.05) is 27.3 Å². The van der Waals surface area contributed by atoms with Crippen LogP contribution in [0.2, 0.25) is 0 Å². The molecule has 0 radical (unpaired) electrons. The van der Waals surface area contributed by atoms with Gasteiger partial charge in [-0.2, -0.15) is 0 Å². The second-order valence-electron chi connectivity index (χ2n) is 6.17. The van der Waals surface area contributed by atoms with Crippen molar-refractivity contribution in [3.05, 3.63) is 0 Å². The van der Waals surface area contributed by atoms with Crippen molar-refractivity contribution in [3.63, 3.8) is 0 Å². The van der Waals surface area contributed by atoms with Crippen molar-refractivity contribution in [2.45, 2.75) is 56.1 Å². The van der Waals surface area contributed by atoms with Gasteiger partial charge in [-0.05, 0) is 32.1 Å². The van der Waals surface area contributed by atoms with E-state index in [2.05, 4.69) is 0 Å². The van der Waals surface area contributed by atoms with Crippen LogP contribution in [0.25, 0.3) is 0 Å². The average molecular weight is 320 g/mol. The van der Waals surface area contributed by atoms with Crippen molar-refractivity contribution < 1.29 is 17.9 Å². The van der Waals surface area contributed by atoms with Crippen LogP contribution in [0.3, 0.4) is 0 Å². The average Bonchev–Trinajstić information content (AvgIpc) is 2.49. The van der Waals surface area contributed by atoms with Gasteiger partial charge in [0.15, 0.2) is 6.29 Å². The molecule has 1 aliphatic heterocycles. The molecule has 0 amide bonds. The molecular weight excluding hydrogens is 292 g/mol. The summed E-state index contributed by atoms with van der Waals surface area (Å²) in [5.41, 5.74) is 5.86. The van der Waals surface area contributed by atoms with Gasteiger partial charge in [-0.15, -0.1) is 0 Å². The van der Waals surface area contributed by atoms with Crippen LogP contribution in [-0.2, 0) is 19.5 Å². The standard InChI is InChI=1S/C14H28N2O4S/c1-19-14(20-2)11-4-3-5-13(10-11)21(17,18)16-8-6-12(15)7-9-16/h11-14H,3-10,15H2,1-2H3. The molecule has 21 heavy (non-hydrogen) atoms. The van der Waals surface area contributed by atoms with Gasteiger partial charge in [0.1, 0.15) is 0 Å². The number of nitrogens with two attached hydrogens (primary N) is 1. The predicted molar refractivity (Wildman–Crippen MR) is 81.3 cm³/mol. The highest BCUT2D eigenvalue weighted by Crippen LogP contribution is 2.34. The fourth-order valence-electron chi connectivity index (χ4n) is 3.52. The number of piperidine rings is 1. The summed E-state index contributed by atoms with van der Waals surface area (Å²) in [7, 11) is -0.00587. The minimum Gasteiger partial charge on any atom is -0.356 e. The number of methoxy groups -OCH3 is 2. The molecule has 1 saturated heterocycles. The molecule has 1 aliphatic carbocycles. The zero-order valence-electron chi connectivity index (χ0n) is 13.0. The Kier molecular flexibility index (Phi) is 6.02. The molecule has 0 aromatic heterocycles. The second-order valence-corrected chi connectivity index (χ2v) is 8.38. The van der Waals surface area contributed by atoms with E-state index in [4.69, 9.17) is 15.2 Å². The summed E-state index contributed by atoms with van der Waals surface area (Å²) in [5.74, 6) is 0.153. The largest absolute Gasteiger partial charge is 0.356 e. The lowest BCUT2D eigenvalue weighted by Gasteiger charge is -2.37. The number of hydrogen-bond donors (Lipinski definition) is 1. The minimum absolute atomic E-state index is 0.141. The quantitative estimate of drug-likeness (QED) is 0.762. The molecule has 0 bridgehead atoms. The van der Waals surface area contributed by atoms with Crippen molar-refractivity contribution in [3.8, 4) is 0 Å². The third-order valence-corrected chi connectivity index (χ3v) is 7.15. The van der Waals surface area contributed by atoms with E-state index in [0.717, 1.165) is 32.1 Å². The maximum Gasteiger partial charge on any atom is 0.216 e. The van der Waals surface area contributed by atoms with Crippen molar-refractivity contribution in [2.24, 2.45) is 11.7 Å². The highest BCUT2D eigenvalue weighted by atomic mass is 32.2. The van der Waals surface area contributed by atoms with E-state index in [-0.39, 0.29) is 23.5 Å². The fourth-order valence-corrected chi connectivity index (χ4v) is 5.62. The zero-order chi connectivity index (χ0) is 15.5. The first-order valence-corrected chi connectivity index (χ1v) is 9.29. The maximum absolute atomic E-state index is 12.8. The Hall–Kier alpha value is -0.210. The molecule has 6 nitrogen and oxygen atoms in total. The van der Waals surface area contributed by atoms with Crippen LogP contribution in [-0.4, -0.2) is 57.6 Å². The first-order valence-electron chi connectivity index (χ1n) is 7.79. The second kappa shape index (κ2) is 7.37. The summed E-state index contributed by atoms with van der Waals surface area (Å²) >= 11 is 0. The maximum atomic E-state index is 12.8. The van der Waals surface area contributed by atoms with Crippen LogP contribution >= 0.6 is 0 Å². The molecule has 2 atom stereocenters. The van der Waals surface area contributed by atoms with Crippen LogP contribution in [0, 0.1) is 5.92 Å². The minimum atomic E-state index is -3.22. The SMILES string of the molecule is COC(OC)C1CCCC(S(=O)(=O)N2CCC(N)CC2)C1. The Morgan fingerprint density at radius 1 is 1.10 bits per heavy atom. The lowest BCUT2D eigenvalue weighted by molar-refractivity contribution is -0.143. The predicted octanol–water partition coefficient (Wildman–Crippen LogP) is 0.917. The fraction of sp³-hybridized carbons (Fsp3) is 1.00. The summed E-state index contributed by atoms with van der Waals surface area (Å²) in [6.07, 6.45) is 4.44. The molecule has 2 unspecified atom stereocenters. The molecule has 0 aromatic rings. The first-order chi connectivity index (χ1) is 9.98. The third-order valence-electron chi connectivity index (χ3n) is 4.80. The first kappa shape index (κ1) is 17.1. The van der Waals surface area contributed by atoms with Gasteiger partial charge >= 0.3 is 0 Å². The zero-order valence-corrected chi connectivity index (χ0v) is 13.8. The molecule has 0 aromatic carbocycles. The van der Waals surface area contributed by atoms with Gasteiger partial charge in [0.25, 0.3) is 0 Å². The normalized spacial score (nSPS) is 29.9. The number of rotatable bonds is 5. The molecule has 7 heteroatoms. The summed E-state index contributed by atoms with van der Waals surface area (Å²) in [6.45, 7) is 1.12. The molecular formula is C14H28N2O4S. The van der Waals surface area contributed by atoms with Gasteiger partial charge in [0, 0.05) is 39.3 Å². The lowest BCUT2D eigenvalue weighted by atomic mass is 9.88. The van der Waals surface area contributed by atoms with Gasteiger partial charge < -0.3 is 15.2 Å². The monoisotopic (exact) mass is 320 g/mol. The van der Waals surface area contributed by atoms with Crippen molar-refractivity contribution in [1.82, 2.24) is 4.31 Å². The number of ether oxygens (including phenoxy) is 2. The van der Waals surface area contributed by atoms with Crippen molar-refractivity contribution >= 4 is 10.0 Å². The Morgan fingerprint density at radius 3 is 2.29 bits per heavy atom. The van der Waals surface area contributed by atoms with E-state index in [1.165, 1.54) is 0 Å². The van der Waals surface area contributed by atoms with Crippen molar-refractivity contribution in [1.29, 1.82) is 0 Å². The smallest absolute Gasteiger partial charge is 0.216 e. The van der Waals surface area contributed by atoms with Gasteiger partial charge in [-0.3, -0.25) is 0 Å². The van der Waals surface area contributed by atoms with Gasteiger partial charge in [0.2, 0.25) is 10.0 Å². The van der Waals surface area contributed by atoms with Crippen LogP contribution in [0.5, 0.6) is 0 Å². The van der Waals surface area contributed by atoms with E-state index in [1.54, 1.807) is 18.5 Å². The van der Waals surface area contributed by atoms with E-state index in [1.807, 2.05) is 0 Å². The molecule has 124 valence electrons. The van der Waals surface area contributed by atoms with Crippen LogP contribution in [0.4, 0.5) is 0 Å². The Morgan fingerprint density at radius 2 is 1.71 bits per heavy atom. The van der Waals surface area contributed by atoms with E-state index >= 15 is 0 Å². The molecule has 2 rings (SSSR count). The molecule has 2 aliphatic rings. The number of sulfonamides is 1.